The molecular weight excluding hydrogens is 192 g/mol. The fraction of sp³-hybridized carbons (Fsp3) is 0.455. The largest absolute Gasteiger partial charge is 0.481 e. The van der Waals surface area contributed by atoms with Crippen LogP contribution in [-0.2, 0) is 0 Å². The van der Waals surface area contributed by atoms with E-state index in [1.807, 2.05) is 20.8 Å². The molecule has 4 heteroatoms. The number of aryl methyl sites for hydroxylation is 1. The van der Waals surface area contributed by atoms with Crippen molar-refractivity contribution in [1.82, 2.24) is 10.3 Å². The number of ether oxygens (including phenoxy) is 1. The van der Waals surface area contributed by atoms with E-state index < -0.39 is 0 Å². The van der Waals surface area contributed by atoms with Gasteiger partial charge in [0.05, 0.1) is 7.11 Å². The Morgan fingerprint density at radius 2 is 2.00 bits per heavy atom. The highest BCUT2D eigenvalue weighted by Crippen LogP contribution is 2.13. The molecule has 1 aromatic heterocycles. The molecule has 1 amide bonds. The molecule has 84 valence electrons. The topological polar surface area (TPSA) is 51.2 Å². The number of hydrogen-bond acceptors (Lipinski definition) is 3. The quantitative estimate of drug-likeness (QED) is 0.809. The molecule has 15 heavy (non-hydrogen) atoms. The minimum atomic E-state index is -0.210. The van der Waals surface area contributed by atoms with E-state index >= 15 is 0 Å². The minimum Gasteiger partial charge on any atom is -0.481 e. The lowest BCUT2D eigenvalue weighted by Crippen LogP contribution is -2.19. The van der Waals surface area contributed by atoms with Crippen LogP contribution in [0, 0.1) is 6.92 Å². The Bertz CT molecular complexity index is 324. The van der Waals surface area contributed by atoms with Crippen LogP contribution in [0.1, 0.15) is 29.9 Å². The van der Waals surface area contributed by atoms with Crippen LogP contribution in [0.2, 0.25) is 0 Å². The first-order valence-corrected chi connectivity index (χ1v) is 4.92. The van der Waals surface area contributed by atoms with Gasteiger partial charge in [0.15, 0.2) is 0 Å². The standard InChI is InChI=1S/C9H12N2O2.C2H6/c1-6-4-5-7(8(12)10-2)11-9(6)13-3;1-2/h4-5H,1-3H3,(H,10,12);1-2H3. The highest BCUT2D eigenvalue weighted by molar-refractivity contribution is 5.92. The SMILES string of the molecule is CC.CNC(=O)c1ccc(C)c(OC)n1. The Morgan fingerprint density at radius 1 is 1.40 bits per heavy atom. The van der Waals surface area contributed by atoms with Crippen LogP contribution in [0.5, 0.6) is 5.88 Å². The molecule has 0 aliphatic heterocycles. The van der Waals surface area contributed by atoms with Crippen molar-refractivity contribution < 1.29 is 9.53 Å². The third-order valence-electron chi connectivity index (χ3n) is 1.70. The highest BCUT2D eigenvalue weighted by atomic mass is 16.5. The summed E-state index contributed by atoms with van der Waals surface area (Å²) in [5, 5.41) is 2.50. The van der Waals surface area contributed by atoms with Crippen molar-refractivity contribution in [2.75, 3.05) is 14.2 Å². The molecule has 0 aromatic carbocycles. The van der Waals surface area contributed by atoms with Crippen LogP contribution < -0.4 is 10.1 Å². The third-order valence-corrected chi connectivity index (χ3v) is 1.70. The summed E-state index contributed by atoms with van der Waals surface area (Å²) in [6, 6.07) is 3.47. The van der Waals surface area contributed by atoms with E-state index in [1.54, 1.807) is 19.2 Å². The van der Waals surface area contributed by atoms with Gasteiger partial charge in [0.25, 0.3) is 5.91 Å². The van der Waals surface area contributed by atoms with Crippen molar-refractivity contribution in [3.05, 3.63) is 23.4 Å². The maximum Gasteiger partial charge on any atom is 0.269 e. The summed E-state index contributed by atoms with van der Waals surface area (Å²) in [5.74, 6) is 0.277. The van der Waals surface area contributed by atoms with Gasteiger partial charge in [-0.15, -0.1) is 0 Å². The fourth-order valence-electron chi connectivity index (χ4n) is 0.971. The number of methoxy groups -OCH3 is 1. The van der Waals surface area contributed by atoms with E-state index in [-0.39, 0.29) is 5.91 Å². The molecule has 0 radical (unpaired) electrons. The maximum absolute atomic E-state index is 11.2. The zero-order valence-electron chi connectivity index (χ0n) is 9.92. The summed E-state index contributed by atoms with van der Waals surface area (Å²) >= 11 is 0. The molecule has 0 saturated heterocycles. The summed E-state index contributed by atoms with van der Waals surface area (Å²) in [6.45, 7) is 5.87. The van der Waals surface area contributed by atoms with Crippen LogP contribution in [0.4, 0.5) is 0 Å². The van der Waals surface area contributed by atoms with Gasteiger partial charge in [-0.1, -0.05) is 19.9 Å². The second-order valence-corrected chi connectivity index (χ2v) is 2.60. The lowest BCUT2D eigenvalue weighted by Gasteiger charge is -2.04. The summed E-state index contributed by atoms with van der Waals surface area (Å²) in [7, 11) is 3.10. The second kappa shape index (κ2) is 6.81. The molecule has 1 aromatic rings. The molecule has 1 rings (SSSR count). The Labute approximate surface area is 90.7 Å². The Balaban J connectivity index is 0.000000921. The summed E-state index contributed by atoms with van der Waals surface area (Å²) in [6.07, 6.45) is 0. The van der Waals surface area contributed by atoms with Gasteiger partial charge in [-0.05, 0) is 13.0 Å². The van der Waals surface area contributed by atoms with Crippen molar-refractivity contribution in [2.45, 2.75) is 20.8 Å². The van der Waals surface area contributed by atoms with Gasteiger partial charge in [-0.25, -0.2) is 4.98 Å². The van der Waals surface area contributed by atoms with Gasteiger partial charge in [0.2, 0.25) is 5.88 Å². The maximum atomic E-state index is 11.2. The first kappa shape index (κ1) is 13.4. The summed E-state index contributed by atoms with van der Waals surface area (Å²) in [5.41, 5.74) is 1.28. The molecule has 0 saturated carbocycles. The number of amides is 1. The number of aromatic nitrogens is 1. The number of carbonyl (C=O) groups is 1. The normalized spacial score (nSPS) is 8.60. The lowest BCUT2D eigenvalue weighted by atomic mass is 10.2. The highest BCUT2D eigenvalue weighted by Gasteiger charge is 2.07. The smallest absolute Gasteiger partial charge is 0.269 e. The molecule has 0 aliphatic rings. The van der Waals surface area contributed by atoms with Crippen LogP contribution >= 0.6 is 0 Å². The molecule has 4 nitrogen and oxygen atoms in total. The predicted molar refractivity (Wildman–Crippen MR) is 60.3 cm³/mol. The number of carbonyl (C=O) groups excluding carboxylic acids is 1. The van der Waals surface area contributed by atoms with Crippen molar-refractivity contribution in [3.63, 3.8) is 0 Å². The van der Waals surface area contributed by atoms with Gasteiger partial charge in [0, 0.05) is 12.6 Å². The van der Waals surface area contributed by atoms with E-state index in [9.17, 15) is 4.79 Å². The van der Waals surface area contributed by atoms with Gasteiger partial charge in [-0.3, -0.25) is 4.79 Å². The molecule has 0 spiro atoms. The average molecular weight is 210 g/mol. The van der Waals surface area contributed by atoms with Gasteiger partial charge < -0.3 is 10.1 Å². The van der Waals surface area contributed by atoms with E-state index in [0.717, 1.165) is 5.56 Å². The Morgan fingerprint density at radius 3 is 2.47 bits per heavy atom. The summed E-state index contributed by atoms with van der Waals surface area (Å²) < 4.78 is 4.99. The second-order valence-electron chi connectivity index (χ2n) is 2.60. The minimum absolute atomic E-state index is 0.210. The van der Waals surface area contributed by atoms with Crippen molar-refractivity contribution in [2.24, 2.45) is 0 Å². The van der Waals surface area contributed by atoms with Crippen LogP contribution in [-0.4, -0.2) is 25.0 Å². The molecule has 0 fully saturated rings. The van der Waals surface area contributed by atoms with E-state index in [0.29, 0.717) is 11.6 Å². The van der Waals surface area contributed by atoms with E-state index in [4.69, 9.17) is 4.74 Å². The average Bonchev–Trinajstić information content (AvgIpc) is 2.31. The lowest BCUT2D eigenvalue weighted by molar-refractivity contribution is 0.0957. The van der Waals surface area contributed by atoms with Crippen LogP contribution in [0.3, 0.4) is 0 Å². The Hall–Kier alpha value is -1.58. The van der Waals surface area contributed by atoms with Crippen LogP contribution in [0.15, 0.2) is 12.1 Å². The number of nitrogens with zero attached hydrogens (tertiary/aromatic N) is 1. The first-order chi connectivity index (χ1) is 7.19. The monoisotopic (exact) mass is 210 g/mol. The molecule has 0 unspecified atom stereocenters. The Kier molecular flexibility index (Phi) is 6.09. The zero-order valence-corrected chi connectivity index (χ0v) is 9.92. The predicted octanol–water partition coefficient (Wildman–Crippen LogP) is 1.78. The van der Waals surface area contributed by atoms with Gasteiger partial charge >= 0.3 is 0 Å². The van der Waals surface area contributed by atoms with Crippen molar-refractivity contribution >= 4 is 5.91 Å². The first-order valence-electron chi connectivity index (χ1n) is 4.92. The van der Waals surface area contributed by atoms with E-state index in [2.05, 4.69) is 10.3 Å². The van der Waals surface area contributed by atoms with Crippen molar-refractivity contribution in [3.8, 4) is 5.88 Å². The molecule has 0 atom stereocenters. The summed E-state index contributed by atoms with van der Waals surface area (Å²) in [4.78, 5) is 15.2. The zero-order chi connectivity index (χ0) is 11.8. The third kappa shape index (κ3) is 3.58. The number of rotatable bonds is 2. The number of hydrogen-bond donors (Lipinski definition) is 1. The van der Waals surface area contributed by atoms with Gasteiger partial charge in [0.1, 0.15) is 5.69 Å². The van der Waals surface area contributed by atoms with Gasteiger partial charge in [-0.2, -0.15) is 0 Å². The molecule has 0 aliphatic carbocycles. The van der Waals surface area contributed by atoms with E-state index in [1.165, 1.54) is 7.11 Å². The van der Waals surface area contributed by atoms with Crippen molar-refractivity contribution in [1.29, 1.82) is 0 Å². The molecule has 0 bridgehead atoms. The molecule has 1 heterocycles. The number of nitrogens with one attached hydrogen (secondary N) is 1. The fourth-order valence-corrected chi connectivity index (χ4v) is 0.971. The number of pyridine rings is 1. The molecule has 1 N–H and O–H groups in total. The van der Waals surface area contributed by atoms with Crippen LogP contribution in [0.25, 0.3) is 0 Å². The molecular formula is C11H18N2O2.